The van der Waals surface area contributed by atoms with Crippen molar-refractivity contribution in [3.05, 3.63) is 78.6 Å². The second-order valence-electron chi connectivity index (χ2n) is 8.18. The van der Waals surface area contributed by atoms with Crippen LogP contribution in [0.15, 0.2) is 67.4 Å². The zero-order valence-electron chi connectivity index (χ0n) is 18.2. The molecule has 1 aliphatic heterocycles. The molecule has 164 valence electrons. The van der Waals surface area contributed by atoms with Crippen LogP contribution in [0.3, 0.4) is 0 Å². The topological polar surface area (TPSA) is 88.1 Å². The first-order valence-corrected chi connectivity index (χ1v) is 10.9. The summed E-state index contributed by atoms with van der Waals surface area (Å²) in [5.41, 5.74) is 2.76. The molecule has 1 N–H and O–H groups in total. The van der Waals surface area contributed by atoms with Gasteiger partial charge in [-0.3, -0.25) is 19.6 Å². The molecule has 0 spiro atoms. The molecule has 1 unspecified atom stereocenters. The SMILES string of the molecule is CCNC(=O)C1(Cc2cccc(-c3cccnc3)c2)CCCN(C(=O)c2cnccn2)C1. The van der Waals surface area contributed by atoms with E-state index in [2.05, 4.69) is 26.3 Å². The molecule has 1 atom stereocenters. The summed E-state index contributed by atoms with van der Waals surface area (Å²) in [5.74, 6) is -0.195. The van der Waals surface area contributed by atoms with Crippen LogP contribution in [0.1, 0.15) is 35.8 Å². The molecule has 3 aromatic rings. The zero-order valence-corrected chi connectivity index (χ0v) is 18.2. The molecule has 32 heavy (non-hydrogen) atoms. The Bertz CT molecular complexity index is 1070. The molecule has 0 bridgehead atoms. The Hall–Kier alpha value is -3.61. The van der Waals surface area contributed by atoms with E-state index in [9.17, 15) is 9.59 Å². The summed E-state index contributed by atoms with van der Waals surface area (Å²) in [7, 11) is 0. The van der Waals surface area contributed by atoms with Crippen LogP contribution in [0.25, 0.3) is 11.1 Å². The van der Waals surface area contributed by atoms with Gasteiger partial charge in [-0.05, 0) is 48.9 Å². The number of nitrogens with one attached hydrogen (secondary N) is 1. The van der Waals surface area contributed by atoms with Gasteiger partial charge < -0.3 is 10.2 Å². The lowest BCUT2D eigenvalue weighted by Crippen LogP contribution is -2.54. The smallest absolute Gasteiger partial charge is 0.274 e. The predicted octanol–water partition coefficient (Wildman–Crippen LogP) is 3.14. The number of benzene rings is 1. The van der Waals surface area contributed by atoms with E-state index in [0.717, 1.165) is 29.5 Å². The highest BCUT2D eigenvalue weighted by molar-refractivity contribution is 5.93. The number of aromatic nitrogens is 3. The summed E-state index contributed by atoms with van der Waals surface area (Å²) in [6, 6.07) is 12.1. The van der Waals surface area contributed by atoms with Crippen LogP contribution in [0.2, 0.25) is 0 Å². The maximum atomic E-state index is 13.3. The summed E-state index contributed by atoms with van der Waals surface area (Å²) in [6.07, 6.45) is 10.1. The maximum Gasteiger partial charge on any atom is 0.274 e. The van der Waals surface area contributed by atoms with E-state index in [1.807, 2.05) is 43.5 Å². The molecule has 1 fully saturated rings. The number of rotatable bonds is 6. The molecule has 7 nitrogen and oxygen atoms in total. The molecule has 2 aromatic heterocycles. The lowest BCUT2D eigenvalue weighted by Gasteiger charge is -2.41. The fourth-order valence-electron chi connectivity index (χ4n) is 4.42. The molecular weight excluding hydrogens is 402 g/mol. The number of amides is 2. The third-order valence-corrected chi connectivity index (χ3v) is 5.93. The number of hydrogen-bond donors (Lipinski definition) is 1. The van der Waals surface area contributed by atoms with E-state index in [1.165, 1.54) is 12.4 Å². The molecule has 3 heterocycles. The van der Waals surface area contributed by atoms with Crippen molar-refractivity contribution >= 4 is 11.8 Å². The predicted molar refractivity (Wildman–Crippen MR) is 122 cm³/mol. The van der Waals surface area contributed by atoms with Crippen LogP contribution in [0.5, 0.6) is 0 Å². The van der Waals surface area contributed by atoms with E-state index in [-0.39, 0.29) is 11.8 Å². The maximum absolute atomic E-state index is 13.3. The summed E-state index contributed by atoms with van der Waals surface area (Å²) in [5, 5.41) is 3.01. The number of likely N-dealkylation sites (tertiary alicyclic amines) is 1. The van der Waals surface area contributed by atoms with Crippen LogP contribution in [0.4, 0.5) is 0 Å². The van der Waals surface area contributed by atoms with Crippen LogP contribution in [-0.4, -0.2) is 51.3 Å². The van der Waals surface area contributed by atoms with Gasteiger partial charge in [0, 0.05) is 44.4 Å². The van der Waals surface area contributed by atoms with Gasteiger partial charge in [0.15, 0.2) is 0 Å². The van der Waals surface area contributed by atoms with E-state index in [0.29, 0.717) is 31.7 Å². The number of piperidine rings is 1. The minimum atomic E-state index is -0.695. The van der Waals surface area contributed by atoms with E-state index < -0.39 is 5.41 Å². The molecule has 0 saturated carbocycles. The van der Waals surface area contributed by atoms with Crippen LogP contribution >= 0.6 is 0 Å². The Kier molecular flexibility index (Phi) is 6.54. The second kappa shape index (κ2) is 9.68. The summed E-state index contributed by atoms with van der Waals surface area (Å²) < 4.78 is 0. The number of pyridine rings is 1. The van der Waals surface area contributed by atoms with E-state index in [4.69, 9.17) is 0 Å². The normalized spacial score (nSPS) is 18.2. The van der Waals surface area contributed by atoms with Crippen molar-refractivity contribution in [1.82, 2.24) is 25.2 Å². The third-order valence-electron chi connectivity index (χ3n) is 5.93. The van der Waals surface area contributed by atoms with Gasteiger partial charge in [-0.2, -0.15) is 0 Å². The molecule has 1 aliphatic rings. The first-order valence-electron chi connectivity index (χ1n) is 10.9. The van der Waals surface area contributed by atoms with Crippen molar-refractivity contribution in [2.24, 2.45) is 5.41 Å². The van der Waals surface area contributed by atoms with Crippen LogP contribution in [0, 0.1) is 5.41 Å². The summed E-state index contributed by atoms with van der Waals surface area (Å²) in [4.78, 5) is 40.5. The number of nitrogens with zero attached hydrogens (tertiary/aromatic N) is 4. The largest absolute Gasteiger partial charge is 0.356 e. The molecule has 2 amide bonds. The van der Waals surface area contributed by atoms with Crippen molar-refractivity contribution < 1.29 is 9.59 Å². The Morgan fingerprint density at radius 2 is 1.91 bits per heavy atom. The first kappa shape index (κ1) is 21.6. The van der Waals surface area contributed by atoms with Crippen molar-refractivity contribution in [3.8, 4) is 11.1 Å². The van der Waals surface area contributed by atoms with Gasteiger partial charge in [0.05, 0.1) is 11.6 Å². The van der Waals surface area contributed by atoms with Gasteiger partial charge >= 0.3 is 0 Å². The van der Waals surface area contributed by atoms with Gasteiger partial charge in [-0.1, -0.05) is 30.3 Å². The summed E-state index contributed by atoms with van der Waals surface area (Å²) >= 11 is 0. The van der Waals surface area contributed by atoms with E-state index in [1.54, 1.807) is 17.3 Å². The number of carbonyl (C=O) groups is 2. The highest BCUT2D eigenvalue weighted by Crippen LogP contribution is 2.35. The highest BCUT2D eigenvalue weighted by Gasteiger charge is 2.43. The zero-order chi connectivity index (χ0) is 22.4. The Morgan fingerprint density at radius 3 is 2.66 bits per heavy atom. The van der Waals surface area contributed by atoms with Gasteiger partial charge in [-0.15, -0.1) is 0 Å². The second-order valence-corrected chi connectivity index (χ2v) is 8.18. The number of carbonyl (C=O) groups excluding carboxylic acids is 2. The molecule has 0 radical (unpaired) electrons. The number of hydrogen-bond acceptors (Lipinski definition) is 5. The molecule has 7 heteroatoms. The fourth-order valence-corrected chi connectivity index (χ4v) is 4.42. The Morgan fingerprint density at radius 1 is 1.06 bits per heavy atom. The Labute approximate surface area is 187 Å². The quantitative estimate of drug-likeness (QED) is 0.650. The van der Waals surface area contributed by atoms with E-state index >= 15 is 0 Å². The Balaban J connectivity index is 1.62. The van der Waals surface area contributed by atoms with Crippen molar-refractivity contribution in [1.29, 1.82) is 0 Å². The lowest BCUT2D eigenvalue weighted by molar-refractivity contribution is -0.133. The van der Waals surface area contributed by atoms with Gasteiger partial charge in [0.2, 0.25) is 5.91 Å². The molecule has 1 aromatic carbocycles. The van der Waals surface area contributed by atoms with Gasteiger partial charge in [0.25, 0.3) is 5.91 Å². The molecule has 4 rings (SSSR count). The van der Waals surface area contributed by atoms with Crippen molar-refractivity contribution in [3.63, 3.8) is 0 Å². The molecular formula is C25H27N5O2. The van der Waals surface area contributed by atoms with Gasteiger partial charge in [0.1, 0.15) is 5.69 Å². The standard InChI is InChI=1S/C25H27N5O2/c1-2-28-24(32)25(9-5-13-30(18-25)23(31)22-17-27-11-12-29-22)15-19-6-3-7-20(14-19)21-8-4-10-26-16-21/h3-4,6-8,10-12,14,16-17H,2,5,9,13,15,18H2,1H3,(H,28,32). The van der Waals surface area contributed by atoms with Crippen LogP contribution < -0.4 is 5.32 Å². The average Bonchev–Trinajstić information content (AvgIpc) is 2.85. The van der Waals surface area contributed by atoms with Crippen molar-refractivity contribution in [2.45, 2.75) is 26.2 Å². The fraction of sp³-hybridized carbons (Fsp3) is 0.320. The summed E-state index contributed by atoms with van der Waals surface area (Å²) in [6.45, 7) is 3.42. The minimum absolute atomic E-state index is 0.0107. The average molecular weight is 430 g/mol. The lowest BCUT2D eigenvalue weighted by atomic mass is 9.74. The van der Waals surface area contributed by atoms with Gasteiger partial charge in [-0.25, -0.2) is 4.98 Å². The molecule has 1 saturated heterocycles. The minimum Gasteiger partial charge on any atom is -0.356 e. The monoisotopic (exact) mass is 429 g/mol. The third kappa shape index (κ3) is 4.66. The van der Waals surface area contributed by atoms with Crippen molar-refractivity contribution in [2.75, 3.05) is 19.6 Å². The highest BCUT2D eigenvalue weighted by atomic mass is 16.2. The van der Waals surface area contributed by atoms with Crippen LogP contribution in [-0.2, 0) is 11.2 Å². The molecule has 0 aliphatic carbocycles. The first-order chi connectivity index (χ1) is 15.6.